The van der Waals surface area contributed by atoms with Crippen LogP contribution in [0.3, 0.4) is 0 Å². The molecule has 0 saturated heterocycles. The summed E-state index contributed by atoms with van der Waals surface area (Å²) in [6, 6.07) is 6.19. The third-order valence-electron chi connectivity index (χ3n) is 3.62. The molecule has 1 aromatic carbocycles. The van der Waals surface area contributed by atoms with E-state index in [0.717, 1.165) is 38.1 Å². The highest BCUT2D eigenvalue weighted by Crippen LogP contribution is 2.32. The summed E-state index contributed by atoms with van der Waals surface area (Å²) in [6.07, 6.45) is 5.23. The molecule has 0 spiro atoms. The van der Waals surface area contributed by atoms with Gasteiger partial charge in [0.2, 0.25) is 0 Å². The number of halogens is 1. The lowest BCUT2D eigenvalue weighted by atomic mass is 10.0. The predicted octanol–water partition coefficient (Wildman–Crippen LogP) is 2.51. The first-order valence-electron chi connectivity index (χ1n) is 7.77. The number of likely N-dealkylation sites (N-methyl/N-ethyl adjacent to an activating group) is 1. The zero-order chi connectivity index (χ0) is 17.9. The standard InChI is InChI=1S/C16H24N2O2.HI.HNO3/c1-18-10-8-15(17-9-4-3-5-11-19)14-12-13(20-2)6-7-16(14)18;;2-1(3)4/h6-8,12,17,19H,3-5,9-11H2,1-2H3;1H;(H,2,3,4). The van der Waals surface area contributed by atoms with Gasteiger partial charge >= 0.3 is 0 Å². The Bertz CT molecular complexity index is 565. The van der Waals surface area contributed by atoms with Gasteiger partial charge in [0.25, 0.3) is 5.09 Å². The molecule has 0 amide bonds. The van der Waals surface area contributed by atoms with Gasteiger partial charge in [-0.05, 0) is 43.5 Å². The second-order valence-corrected chi connectivity index (χ2v) is 5.33. The Kier molecular flexibility index (Phi) is 11.7. The molecule has 1 heterocycles. The maximum absolute atomic E-state index is 8.78. The Morgan fingerprint density at radius 2 is 2.04 bits per heavy atom. The van der Waals surface area contributed by atoms with Gasteiger partial charge in [0.1, 0.15) is 5.75 Å². The van der Waals surface area contributed by atoms with E-state index in [2.05, 4.69) is 35.5 Å². The summed E-state index contributed by atoms with van der Waals surface area (Å²) in [5.41, 5.74) is 3.60. The number of nitrogens with zero attached hydrogens (tertiary/aromatic N) is 2. The molecule has 0 aliphatic carbocycles. The molecular formula is C16H26IN3O5. The summed E-state index contributed by atoms with van der Waals surface area (Å²) < 4.78 is 5.32. The molecule has 0 atom stereocenters. The molecule has 0 aromatic heterocycles. The van der Waals surface area contributed by atoms with Gasteiger partial charge in [0.05, 0.1) is 7.11 Å². The number of fused-ring (bicyclic) bond motifs is 1. The lowest BCUT2D eigenvalue weighted by Crippen LogP contribution is -2.26. The van der Waals surface area contributed by atoms with Crippen LogP contribution in [0.1, 0.15) is 24.8 Å². The van der Waals surface area contributed by atoms with Gasteiger partial charge in [-0.3, -0.25) is 0 Å². The maximum Gasteiger partial charge on any atom is 0.291 e. The number of anilines is 1. The van der Waals surface area contributed by atoms with Crippen molar-refractivity contribution in [3.8, 4) is 5.75 Å². The van der Waals surface area contributed by atoms with E-state index >= 15 is 0 Å². The van der Waals surface area contributed by atoms with Crippen LogP contribution in [0, 0.1) is 10.1 Å². The molecule has 0 bridgehead atoms. The van der Waals surface area contributed by atoms with Gasteiger partial charge in [0, 0.05) is 43.7 Å². The topological polar surface area (TPSA) is 108 Å². The van der Waals surface area contributed by atoms with Gasteiger partial charge in [-0.25, -0.2) is 0 Å². The van der Waals surface area contributed by atoms with Crippen molar-refractivity contribution in [3.63, 3.8) is 0 Å². The maximum atomic E-state index is 8.78. The smallest absolute Gasteiger partial charge is 0.291 e. The minimum Gasteiger partial charge on any atom is -0.497 e. The molecule has 0 saturated carbocycles. The molecule has 1 aromatic rings. The van der Waals surface area contributed by atoms with Crippen LogP contribution < -0.4 is 15.0 Å². The van der Waals surface area contributed by atoms with E-state index in [-0.39, 0.29) is 30.6 Å². The van der Waals surface area contributed by atoms with Crippen molar-refractivity contribution >= 4 is 35.4 Å². The van der Waals surface area contributed by atoms with E-state index < -0.39 is 5.09 Å². The fourth-order valence-electron chi connectivity index (χ4n) is 2.43. The number of hydrogen-bond donors (Lipinski definition) is 3. The Balaban J connectivity index is 0.00000104. The SMILES string of the molecule is COc1ccc2c(c1)C(NCCCCCO)=CCN2C.I.O=[N+]([O-])O. The molecule has 1 aliphatic rings. The molecule has 0 radical (unpaired) electrons. The van der Waals surface area contributed by atoms with Crippen LogP contribution in [0.25, 0.3) is 5.70 Å². The summed E-state index contributed by atoms with van der Waals surface area (Å²) in [7, 11) is 3.79. The molecule has 1 aliphatic heterocycles. The number of nitrogens with one attached hydrogen (secondary N) is 1. The quantitative estimate of drug-likeness (QED) is 0.245. The Labute approximate surface area is 164 Å². The number of rotatable bonds is 7. The van der Waals surface area contributed by atoms with E-state index in [4.69, 9.17) is 25.2 Å². The Hall–Kier alpha value is -1.75. The Morgan fingerprint density at radius 3 is 2.64 bits per heavy atom. The van der Waals surface area contributed by atoms with Crippen molar-refractivity contribution in [2.45, 2.75) is 19.3 Å². The Morgan fingerprint density at radius 1 is 1.36 bits per heavy atom. The molecular weight excluding hydrogens is 441 g/mol. The largest absolute Gasteiger partial charge is 0.497 e. The molecule has 0 fully saturated rings. The number of methoxy groups -OCH3 is 1. The molecule has 9 heteroatoms. The van der Waals surface area contributed by atoms with Gasteiger partial charge in [-0.15, -0.1) is 34.1 Å². The molecule has 25 heavy (non-hydrogen) atoms. The van der Waals surface area contributed by atoms with E-state index in [1.807, 2.05) is 6.07 Å². The second kappa shape index (κ2) is 12.6. The predicted molar refractivity (Wildman–Crippen MR) is 107 cm³/mol. The highest BCUT2D eigenvalue weighted by atomic mass is 127. The third-order valence-corrected chi connectivity index (χ3v) is 3.62. The average molecular weight is 467 g/mol. The zero-order valence-electron chi connectivity index (χ0n) is 14.5. The van der Waals surface area contributed by atoms with Crippen LogP contribution >= 0.6 is 24.0 Å². The van der Waals surface area contributed by atoms with E-state index in [1.54, 1.807) is 7.11 Å². The number of hydrogen-bond acceptors (Lipinski definition) is 6. The minimum atomic E-state index is -1.50. The lowest BCUT2D eigenvalue weighted by molar-refractivity contribution is -0.742. The van der Waals surface area contributed by atoms with Gasteiger partial charge in [-0.1, -0.05) is 0 Å². The summed E-state index contributed by atoms with van der Waals surface area (Å²) in [5.74, 6) is 0.882. The average Bonchev–Trinajstić information content (AvgIpc) is 2.55. The molecule has 8 nitrogen and oxygen atoms in total. The number of ether oxygens (including phenoxy) is 1. The van der Waals surface area contributed by atoms with E-state index in [0.29, 0.717) is 0 Å². The third kappa shape index (κ3) is 8.25. The fraction of sp³-hybridized carbons (Fsp3) is 0.500. The molecule has 3 N–H and O–H groups in total. The zero-order valence-corrected chi connectivity index (χ0v) is 16.8. The van der Waals surface area contributed by atoms with Gasteiger partial charge in [-0.2, -0.15) is 0 Å². The fourth-order valence-corrected chi connectivity index (χ4v) is 2.43. The highest BCUT2D eigenvalue weighted by Gasteiger charge is 2.16. The first kappa shape index (κ1) is 23.2. The van der Waals surface area contributed by atoms with Crippen LogP contribution in [0.15, 0.2) is 24.3 Å². The highest BCUT2D eigenvalue weighted by molar-refractivity contribution is 14.0. The summed E-state index contributed by atoms with van der Waals surface area (Å²) in [6.45, 7) is 2.14. The van der Waals surface area contributed by atoms with Crippen molar-refractivity contribution in [1.82, 2.24) is 5.32 Å². The lowest BCUT2D eigenvalue weighted by Gasteiger charge is -2.28. The van der Waals surface area contributed by atoms with E-state index in [9.17, 15) is 0 Å². The second-order valence-electron chi connectivity index (χ2n) is 5.33. The van der Waals surface area contributed by atoms with Crippen LogP contribution in [0.4, 0.5) is 5.69 Å². The van der Waals surface area contributed by atoms with Crippen LogP contribution in [0.5, 0.6) is 5.75 Å². The first-order valence-corrected chi connectivity index (χ1v) is 7.77. The number of aliphatic hydroxyl groups excluding tert-OH is 1. The monoisotopic (exact) mass is 467 g/mol. The summed E-state index contributed by atoms with van der Waals surface area (Å²) in [5, 5.41) is 25.9. The van der Waals surface area contributed by atoms with Gasteiger partial charge in [0.15, 0.2) is 0 Å². The van der Waals surface area contributed by atoms with Crippen molar-refractivity contribution in [2.24, 2.45) is 0 Å². The summed E-state index contributed by atoms with van der Waals surface area (Å²) >= 11 is 0. The van der Waals surface area contributed by atoms with Gasteiger partial charge < -0.3 is 25.3 Å². The molecule has 0 unspecified atom stereocenters. The van der Waals surface area contributed by atoms with Crippen LogP contribution in [-0.2, 0) is 0 Å². The molecule has 2 rings (SSSR count). The molecule has 142 valence electrons. The van der Waals surface area contributed by atoms with Crippen LogP contribution in [-0.4, -0.2) is 49.3 Å². The number of unbranched alkanes of at least 4 members (excludes halogenated alkanes) is 2. The van der Waals surface area contributed by atoms with Crippen LogP contribution in [0.2, 0.25) is 0 Å². The normalized spacial score (nSPS) is 12.0. The number of benzene rings is 1. The summed E-state index contributed by atoms with van der Waals surface area (Å²) in [4.78, 5) is 10.6. The van der Waals surface area contributed by atoms with E-state index in [1.165, 1.54) is 16.9 Å². The number of aliphatic hydroxyl groups is 1. The van der Waals surface area contributed by atoms with Crippen molar-refractivity contribution in [3.05, 3.63) is 40.0 Å². The first-order chi connectivity index (χ1) is 11.5. The van der Waals surface area contributed by atoms with Crippen molar-refractivity contribution in [2.75, 3.05) is 38.8 Å². The van der Waals surface area contributed by atoms with Crippen molar-refractivity contribution in [1.29, 1.82) is 0 Å². The minimum absolute atomic E-state index is 0. The van der Waals surface area contributed by atoms with Crippen molar-refractivity contribution < 1.29 is 20.1 Å².